The van der Waals surface area contributed by atoms with Gasteiger partial charge in [0, 0.05) is 30.4 Å². The van der Waals surface area contributed by atoms with E-state index in [0.717, 1.165) is 24.2 Å². The first kappa shape index (κ1) is 17.4. The Hall–Kier alpha value is -3.00. The van der Waals surface area contributed by atoms with E-state index < -0.39 is 10.9 Å². The Kier molecular flexibility index (Phi) is 4.49. The molecular weight excluding hydrogens is 372 g/mol. The summed E-state index contributed by atoms with van der Waals surface area (Å²) in [7, 11) is 0. The molecule has 1 aliphatic carbocycles. The summed E-state index contributed by atoms with van der Waals surface area (Å²) in [6, 6.07) is 5.38. The predicted octanol–water partition coefficient (Wildman–Crippen LogP) is 3.64. The zero-order valence-corrected chi connectivity index (χ0v) is 14.9. The quantitative estimate of drug-likeness (QED) is 0.377. The molecule has 27 heavy (non-hydrogen) atoms. The molecule has 0 spiro atoms. The molecule has 1 aliphatic rings. The molecule has 0 unspecified atom stereocenters. The summed E-state index contributed by atoms with van der Waals surface area (Å²) in [6.07, 6.45) is 6.93. The molecule has 4 rings (SSSR count). The third-order valence-electron chi connectivity index (χ3n) is 4.81. The molecule has 0 N–H and O–H groups in total. The van der Waals surface area contributed by atoms with E-state index in [-0.39, 0.29) is 17.5 Å². The average molecular weight is 387 g/mol. The van der Waals surface area contributed by atoms with Crippen molar-refractivity contribution in [1.29, 1.82) is 0 Å². The van der Waals surface area contributed by atoms with Gasteiger partial charge in [-0.05, 0) is 30.9 Å². The lowest BCUT2D eigenvalue weighted by molar-refractivity contribution is -0.384. The van der Waals surface area contributed by atoms with Crippen molar-refractivity contribution in [3.63, 3.8) is 0 Å². The normalized spacial score (nSPS) is 18.9. The summed E-state index contributed by atoms with van der Waals surface area (Å²) in [6.45, 7) is 0.317. The molecule has 0 amide bonds. The minimum absolute atomic E-state index is 0.0596. The molecule has 0 saturated heterocycles. The maximum Gasteiger partial charge on any atom is 0.338 e. The van der Waals surface area contributed by atoms with E-state index in [9.17, 15) is 14.9 Å². The van der Waals surface area contributed by atoms with Crippen LogP contribution in [-0.4, -0.2) is 31.9 Å². The molecule has 2 heterocycles. The van der Waals surface area contributed by atoms with Crippen LogP contribution in [0, 0.1) is 16.0 Å². The zero-order chi connectivity index (χ0) is 19.0. The van der Waals surface area contributed by atoms with E-state index in [2.05, 4.69) is 9.97 Å². The number of esters is 1. The molecule has 2 aromatic heterocycles. The number of fused-ring (bicyclic) bond motifs is 1. The van der Waals surface area contributed by atoms with E-state index >= 15 is 0 Å². The number of hydrogen-bond acceptors (Lipinski definition) is 6. The van der Waals surface area contributed by atoms with Crippen molar-refractivity contribution in [1.82, 2.24) is 14.4 Å². The number of nitro groups is 1. The number of hydrogen-bond donors (Lipinski definition) is 0. The molecule has 3 aromatic rings. The van der Waals surface area contributed by atoms with Gasteiger partial charge in [0.2, 0.25) is 0 Å². The van der Waals surface area contributed by atoms with Crippen molar-refractivity contribution < 1.29 is 14.5 Å². The van der Waals surface area contributed by atoms with Gasteiger partial charge in [-0.25, -0.2) is 14.8 Å². The van der Waals surface area contributed by atoms with Crippen LogP contribution >= 0.6 is 11.6 Å². The maximum atomic E-state index is 12.1. The second kappa shape index (κ2) is 6.96. The van der Waals surface area contributed by atoms with Gasteiger partial charge in [-0.15, -0.1) is 0 Å². The lowest BCUT2D eigenvalue weighted by Crippen LogP contribution is -2.28. The van der Waals surface area contributed by atoms with Gasteiger partial charge in [0.15, 0.2) is 5.15 Å². The molecule has 0 bridgehead atoms. The van der Waals surface area contributed by atoms with Crippen LogP contribution in [0.4, 0.5) is 5.69 Å². The van der Waals surface area contributed by atoms with Crippen LogP contribution in [0.3, 0.4) is 0 Å². The van der Waals surface area contributed by atoms with Crippen LogP contribution in [-0.2, 0) is 4.74 Å². The maximum absolute atomic E-state index is 12.1. The SMILES string of the molecule is O=C(OCC1CC(c2ncc3c(Cl)nccn23)C1)c1ccc([N+](=O)[O-])cc1. The molecule has 1 saturated carbocycles. The zero-order valence-electron chi connectivity index (χ0n) is 14.1. The number of halogens is 1. The molecule has 1 aromatic carbocycles. The molecule has 8 nitrogen and oxygen atoms in total. The largest absolute Gasteiger partial charge is 0.462 e. The fourth-order valence-corrected chi connectivity index (χ4v) is 3.49. The van der Waals surface area contributed by atoms with Crippen LogP contribution in [0.5, 0.6) is 0 Å². The highest BCUT2D eigenvalue weighted by molar-refractivity contribution is 6.32. The first-order valence-corrected chi connectivity index (χ1v) is 8.79. The number of aromatic nitrogens is 3. The van der Waals surface area contributed by atoms with E-state index in [1.54, 1.807) is 12.4 Å². The number of carbonyl (C=O) groups is 1. The fraction of sp³-hybridized carbons (Fsp3) is 0.278. The minimum Gasteiger partial charge on any atom is -0.462 e. The first-order valence-electron chi connectivity index (χ1n) is 8.42. The molecule has 9 heteroatoms. The number of carbonyl (C=O) groups excluding carboxylic acids is 1. The number of benzene rings is 1. The second-order valence-electron chi connectivity index (χ2n) is 6.53. The summed E-state index contributed by atoms with van der Waals surface area (Å²) >= 11 is 6.07. The van der Waals surface area contributed by atoms with Crippen molar-refractivity contribution in [2.45, 2.75) is 18.8 Å². The standard InChI is InChI=1S/C18H15ClN4O4/c19-16-15-9-21-17(22(15)6-5-20-16)13-7-11(8-13)10-27-18(24)12-1-3-14(4-2-12)23(25)26/h1-6,9,11,13H,7-8,10H2. The monoisotopic (exact) mass is 386 g/mol. The molecular formula is C18H15ClN4O4. The third-order valence-corrected chi connectivity index (χ3v) is 5.10. The van der Waals surface area contributed by atoms with Gasteiger partial charge >= 0.3 is 5.97 Å². The van der Waals surface area contributed by atoms with Gasteiger partial charge in [-0.3, -0.25) is 14.5 Å². The Morgan fingerprint density at radius 2 is 2.04 bits per heavy atom. The Balaban J connectivity index is 1.32. The van der Waals surface area contributed by atoms with Crippen molar-refractivity contribution in [3.8, 4) is 0 Å². The van der Waals surface area contributed by atoms with E-state index in [1.807, 2.05) is 10.6 Å². The van der Waals surface area contributed by atoms with Crippen LogP contribution in [0.25, 0.3) is 5.52 Å². The van der Waals surface area contributed by atoms with Gasteiger partial charge in [-0.1, -0.05) is 11.6 Å². The summed E-state index contributed by atoms with van der Waals surface area (Å²) in [4.78, 5) is 30.7. The van der Waals surface area contributed by atoms with Gasteiger partial charge in [0.25, 0.3) is 5.69 Å². The summed E-state index contributed by atoms with van der Waals surface area (Å²) in [5.74, 6) is 1.01. The van der Waals surface area contributed by atoms with Gasteiger partial charge in [0.05, 0.1) is 23.3 Å². The van der Waals surface area contributed by atoms with Crippen LogP contribution in [0.2, 0.25) is 5.15 Å². The van der Waals surface area contributed by atoms with Crippen molar-refractivity contribution >= 4 is 28.8 Å². The highest BCUT2D eigenvalue weighted by Crippen LogP contribution is 2.41. The molecule has 138 valence electrons. The number of nitro benzene ring substituents is 1. The van der Waals surface area contributed by atoms with Crippen molar-refractivity contribution in [2.75, 3.05) is 6.61 Å². The highest BCUT2D eigenvalue weighted by Gasteiger charge is 2.34. The van der Waals surface area contributed by atoms with E-state index in [0.29, 0.717) is 17.3 Å². The number of ether oxygens (including phenoxy) is 1. The van der Waals surface area contributed by atoms with E-state index in [1.165, 1.54) is 24.3 Å². The van der Waals surface area contributed by atoms with Gasteiger partial charge in [-0.2, -0.15) is 0 Å². The average Bonchev–Trinajstić information content (AvgIpc) is 3.05. The summed E-state index contributed by atoms with van der Waals surface area (Å²) in [5.41, 5.74) is 1.02. The smallest absolute Gasteiger partial charge is 0.338 e. The summed E-state index contributed by atoms with van der Waals surface area (Å²) in [5, 5.41) is 11.1. The molecule has 1 fully saturated rings. The van der Waals surface area contributed by atoms with E-state index in [4.69, 9.17) is 16.3 Å². The second-order valence-corrected chi connectivity index (χ2v) is 6.88. The van der Waals surface area contributed by atoms with Crippen LogP contribution in [0.1, 0.15) is 34.9 Å². The predicted molar refractivity (Wildman–Crippen MR) is 96.8 cm³/mol. The van der Waals surface area contributed by atoms with Gasteiger partial charge in [0.1, 0.15) is 11.3 Å². The fourth-order valence-electron chi connectivity index (χ4n) is 3.30. The Labute approximate surface area is 158 Å². The lowest BCUT2D eigenvalue weighted by atomic mass is 9.75. The topological polar surface area (TPSA) is 99.6 Å². The Morgan fingerprint density at radius 3 is 2.74 bits per heavy atom. The lowest BCUT2D eigenvalue weighted by Gasteiger charge is -2.33. The number of rotatable bonds is 5. The number of imidazole rings is 1. The van der Waals surface area contributed by atoms with Crippen molar-refractivity contribution in [3.05, 3.63) is 69.5 Å². The number of nitrogens with zero attached hydrogens (tertiary/aromatic N) is 4. The Bertz CT molecular complexity index is 1010. The highest BCUT2D eigenvalue weighted by atomic mass is 35.5. The molecule has 0 radical (unpaired) electrons. The van der Waals surface area contributed by atoms with Crippen LogP contribution < -0.4 is 0 Å². The Morgan fingerprint density at radius 1 is 1.30 bits per heavy atom. The summed E-state index contributed by atoms with van der Waals surface area (Å²) < 4.78 is 7.28. The number of non-ortho nitro benzene ring substituents is 1. The van der Waals surface area contributed by atoms with Gasteiger partial charge < -0.3 is 4.74 Å². The molecule has 0 aliphatic heterocycles. The van der Waals surface area contributed by atoms with Crippen LogP contribution in [0.15, 0.2) is 42.9 Å². The third kappa shape index (κ3) is 3.35. The first-order chi connectivity index (χ1) is 13.0. The van der Waals surface area contributed by atoms with Crippen molar-refractivity contribution in [2.24, 2.45) is 5.92 Å². The minimum atomic E-state index is -0.508. The molecule has 0 atom stereocenters.